The van der Waals surface area contributed by atoms with Gasteiger partial charge in [-0.15, -0.1) is 11.3 Å². The van der Waals surface area contributed by atoms with Crippen molar-refractivity contribution in [3.8, 4) is 5.69 Å². The molecule has 2 N–H and O–H groups in total. The smallest absolute Gasteiger partial charge is 0.341 e. The standard InChI is InChI=1S/C17H12F3N5OS/c1-9-6-25(7-21-9)12-3-10(17(18,19)20)2-11(4-12)23-15(26)13-5-14-16(24-13)27-8-22-14/h2-8,24H,1H3,(H,23,26). The number of hydrogen-bond donors (Lipinski definition) is 2. The second-order valence-corrected chi connectivity index (χ2v) is 6.75. The average Bonchev–Trinajstić information content (AvgIpc) is 3.29. The van der Waals surface area contributed by atoms with Gasteiger partial charge in [0, 0.05) is 17.6 Å². The summed E-state index contributed by atoms with van der Waals surface area (Å²) < 4.78 is 41.3. The molecular weight excluding hydrogens is 379 g/mol. The lowest BCUT2D eigenvalue weighted by Crippen LogP contribution is -2.14. The van der Waals surface area contributed by atoms with Crippen LogP contribution in [0.4, 0.5) is 18.9 Å². The van der Waals surface area contributed by atoms with Crippen LogP contribution in [-0.4, -0.2) is 25.4 Å². The van der Waals surface area contributed by atoms with Crippen LogP contribution in [-0.2, 0) is 6.18 Å². The highest BCUT2D eigenvalue weighted by Crippen LogP contribution is 2.33. The zero-order valence-electron chi connectivity index (χ0n) is 13.8. The molecule has 0 saturated carbocycles. The number of halogens is 3. The Morgan fingerprint density at radius 1 is 1.22 bits per heavy atom. The number of aromatic amines is 1. The predicted octanol–water partition coefficient (Wildman–Crippen LogP) is 4.39. The first-order chi connectivity index (χ1) is 12.8. The van der Waals surface area contributed by atoms with Gasteiger partial charge in [0.15, 0.2) is 0 Å². The number of H-pyrrole nitrogens is 1. The van der Waals surface area contributed by atoms with E-state index in [1.54, 1.807) is 24.7 Å². The van der Waals surface area contributed by atoms with Crippen molar-refractivity contribution in [2.24, 2.45) is 0 Å². The third kappa shape index (κ3) is 3.43. The first kappa shape index (κ1) is 17.3. The van der Waals surface area contributed by atoms with E-state index in [2.05, 4.69) is 20.3 Å². The normalized spacial score (nSPS) is 11.9. The van der Waals surface area contributed by atoms with Gasteiger partial charge < -0.3 is 14.9 Å². The molecule has 0 bridgehead atoms. The monoisotopic (exact) mass is 391 g/mol. The summed E-state index contributed by atoms with van der Waals surface area (Å²) in [6.45, 7) is 1.73. The molecule has 0 aliphatic heterocycles. The summed E-state index contributed by atoms with van der Waals surface area (Å²) in [5.74, 6) is -0.549. The molecule has 0 saturated heterocycles. The second-order valence-electron chi connectivity index (χ2n) is 5.89. The van der Waals surface area contributed by atoms with Crippen molar-refractivity contribution in [3.63, 3.8) is 0 Å². The van der Waals surface area contributed by atoms with Crippen LogP contribution in [0, 0.1) is 6.92 Å². The van der Waals surface area contributed by atoms with E-state index in [1.165, 1.54) is 28.3 Å². The highest BCUT2D eigenvalue weighted by Gasteiger charge is 2.31. The molecule has 1 amide bonds. The van der Waals surface area contributed by atoms with Crippen molar-refractivity contribution in [3.05, 3.63) is 59.3 Å². The quantitative estimate of drug-likeness (QED) is 0.544. The number of hydrogen-bond acceptors (Lipinski definition) is 4. The number of imidazole rings is 1. The Kier molecular flexibility index (Phi) is 3.99. The van der Waals surface area contributed by atoms with Crippen LogP contribution in [0.3, 0.4) is 0 Å². The number of thiazole rings is 1. The summed E-state index contributed by atoms with van der Waals surface area (Å²) in [6, 6.07) is 4.91. The van der Waals surface area contributed by atoms with E-state index in [4.69, 9.17) is 0 Å². The van der Waals surface area contributed by atoms with Crippen LogP contribution < -0.4 is 5.32 Å². The van der Waals surface area contributed by atoms with Gasteiger partial charge in [-0.05, 0) is 31.2 Å². The Balaban J connectivity index is 1.70. The lowest BCUT2D eigenvalue weighted by atomic mass is 10.1. The number of aromatic nitrogens is 4. The molecule has 0 atom stereocenters. The Hall–Kier alpha value is -3.14. The molecule has 6 nitrogen and oxygen atoms in total. The molecular formula is C17H12F3N5OS. The van der Waals surface area contributed by atoms with E-state index in [1.807, 2.05) is 0 Å². The Labute approximate surface area is 154 Å². The first-order valence-corrected chi connectivity index (χ1v) is 8.64. The number of benzene rings is 1. The highest BCUT2D eigenvalue weighted by molar-refractivity contribution is 7.16. The number of amides is 1. The van der Waals surface area contributed by atoms with Crippen molar-refractivity contribution in [2.45, 2.75) is 13.1 Å². The SMILES string of the molecule is Cc1cn(-c2cc(NC(=O)c3cc4ncsc4[nH]3)cc(C(F)(F)F)c2)cn1. The van der Waals surface area contributed by atoms with Gasteiger partial charge >= 0.3 is 6.18 Å². The highest BCUT2D eigenvalue weighted by atomic mass is 32.1. The second kappa shape index (κ2) is 6.23. The van der Waals surface area contributed by atoms with Crippen molar-refractivity contribution < 1.29 is 18.0 Å². The molecule has 3 aromatic heterocycles. The Bertz CT molecular complexity index is 1110. The van der Waals surface area contributed by atoms with Crippen LogP contribution in [0.15, 0.2) is 42.3 Å². The van der Waals surface area contributed by atoms with Crippen LogP contribution in [0.1, 0.15) is 21.7 Å². The maximum Gasteiger partial charge on any atom is 0.416 e. The molecule has 27 heavy (non-hydrogen) atoms. The van der Waals surface area contributed by atoms with Crippen LogP contribution in [0.5, 0.6) is 0 Å². The number of carbonyl (C=O) groups is 1. The molecule has 0 fully saturated rings. The number of rotatable bonds is 3. The molecule has 3 heterocycles. The van der Waals surface area contributed by atoms with Gasteiger partial charge in [-0.25, -0.2) is 9.97 Å². The van der Waals surface area contributed by atoms with E-state index < -0.39 is 17.6 Å². The molecule has 4 rings (SSSR count). The van der Waals surface area contributed by atoms with E-state index in [-0.39, 0.29) is 17.1 Å². The fourth-order valence-electron chi connectivity index (χ4n) is 2.63. The van der Waals surface area contributed by atoms with E-state index in [0.29, 0.717) is 11.2 Å². The number of alkyl halides is 3. The fourth-order valence-corrected chi connectivity index (χ4v) is 3.30. The summed E-state index contributed by atoms with van der Waals surface area (Å²) in [7, 11) is 0. The van der Waals surface area contributed by atoms with Gasteiger partial charge in [-0.1, -0.05) is 0 Å². The van der Waals surface area contributed by atoms with Crippen molar-refractivity contribution in [1.29, 1.82) is 0 Å². The van der Waals surface area contributed by atoms with Gasteiger partial charge in [0.1, 0.15) is 16.0 Å². The summed E-state index contributed by atoms with van der Waals surface area (Å²) in [4.78, 5) is 24.2. The molecule has 0 unspecified atom stereocenters. The van der Waals surface area contributed by atoms with Crippen LogP contribution >= 0.6 is 11.3 Å². The minimum atomic E-state index is -4.55. The number of aryl methyl sites for hydroxylation is 1. The number of nitrogens with zero attached hydrogens (tertiary/aromatic N) is 3. The van der Waals surface area contributed by atoms with Gasteiger partial charge in [0.2, 0.25) is 0 Å². The van der Waals surface area contributed by atoms with Crippen molar-refractivity contribution >= 4 is 33.3 Å². The molecule has 0 aliphatic carbocycles. The summed E-state index contributed by atoms with van der Waals surface area (Å²) in [5, 5.41) is 2.51. The van der Waals surface area contributed by atoms with Crippen molar-refractivity contribution in [2.75, 3.05) is 5.32 Å². The predicted molar refractivity (Wildman–Crippen MR) is 95.2 cm³/mol. The topological polar surface area (TPSA) is 75.6 Å². The fraction of sp³-hybridized carbons (Fsp3) is 0.118. The third-order valence-corrected chi connectivity index (χ3v) is 4.64. The van der Waals surface area contributed by atoms with E-state index >= 15 is 0 Å². The molecule has 1 aromatic carbocycles. The van der Waals surface area contributed by atoms with Crippen LogP contribution in [0.25, 0.3) is 16.0 Å². The Morgan fingerprint density at radius 3 is 2.70 bits per heavy atom. The third-order valence-electron chi connectivity index (χ3n) is 3.88. The van der Waals surface area contributed by atoms with Gasteiger partial charge in [0.05, 0.1) is 23.1 Å². The molecule has 10 heteroatoms. The summed E-state index contributed by atoms with van der Waals surface area (Å²) in [6.07, 6.45) is -1.53. The Morgan fingerprint density at radius 2 is 2.04 bits per heavy atom. The summed E-state index contributed by atoms with van der Waals surface area (Å²) in [5.41, 5.74) is 2.56. The van der Waals surface area contributed by atoms with Gasteiger partial charge in [-0.2, -0.15) is 13.2 Å². The minimum Gasteiger partial charge on any atom is -0.341 e. The lowest BCUT2D eigenvalue weighted by molar-refractivity contribution is -0.137. The van der Waals surface area contributed by atoms with Gasteiger partial charge in [-0.3, -0.25) is 4.79 Å². The molecule has 4 aromatic rings. The zero-order chi connectivity index (χ0) is 19.2. The van der Waals surface area contributed by atoms with Gasteiger partial charge in [0.25, 0.3) is 5.91 Å². The maximum atomic E-state index is 13.3. The number of anilines is 1. The first-order valence-electron chi connectivity index (χ1n) is 7.76. The maximum absolute atomic E-state index is 13.3. The molecule has 0 radical (unpaired) electrons. The van der Waals surface area contributed by atoms with E-state index in [0.717, 1.165) is 17.0 Å². The van der Waals surface area contributed by atoms with E-state index in [9.17, 15) is 18.0 Å². The lowest BCUT2D eigenvalue weighted by Gasteiger charge is -2.13. The van der Waals surface area contributed by atoms with Crippen molar-refractivity contribution in [1.82, 2.24) is 19.5 Å². The number of nitrogens with one attached hydrogen (secondary N) is 2. The molecule has 138 valence electrons. The zero-order valence-corrected chi connectivity index (χ0v) is 14.6. The average molecular weight is 391 g/mol. The molecule has 0 spiro atoms. The number of carbonyl (C=O) groups excluding carboxylic acids is 1. The minimum absolute atomic E-state index is 0.0297. The molecule has 0 aliphatic rings. The number of fused-ring (bicyclic) bond motifs is 1. The van der Waals surface area contributed by atoms with Crippen LogP contribution in [0.2, 0.25) is 0 Å². The summed E-state index contributed by atoms with van der Waals surface area (Å²) >= 11 is 1.33. The largest absolute Gasteiger partial charge is 0.416 e.